The maximum atomic E-state index is 13.1. The summed E-state index contributed by atoms with van der Waals surface area (Å²) in [6.45, 7) is 5.47. The molecule has 0 radical (unpaired) electrons. The van der Waals surface area contributed by atoms with E-state index in [0.29, 0.717) is 10.2 Å². The monoisotopic (exact) mass is 361 g/mol. The molecule has 0 bridgehead atoms. The Morgan fingerprint density at radius 2 is 1.76 bits per heavy atom. The highest BCUT2D eigenvalue weighted by Gasteiger charge is 2.36. The van der Waals surface area contributed by atoms with Crippen LogP contribution in [0.1, 0.15) is 39.7 Å². The van der Waals surface area contributed by atoms with E-state index >= 15 is 0 Å². The fourth-order valence-electron chi connectivity index (χ4n) is 2.31. The van der Waals surface area contributed by atoms with Gasteiger partial charge in [-0.1, -0.05) is 22.0 Å². The molecule has 0 spiro atoms. The Morgan fingerprint density at radius 3 is 2.24 bits per heavy atom. The molecular formula is C15H15BrF3NO. The van der Waals surface area contributed by atoms with Crippen LogP contribution in [-0.4, -0.2) is 10.1 Å². The van der Waals surface area contributed by atoms with E-state index in [0.717, 1.165) is 22.9 Å². The molecule has 0 amide bonds. The summed E-state index contributed by atoms with van der Waals surface area (Å²) < 4.78 is 39.8. The van der Waals surface area contributed by atoms with Gasteiger partial charge in [0.15, 0.2) is 0 Å². The van der Waals surface area contributed by atoms with E-state index in [-0.39, 0.29) is 5.56 Å². The average Bonchev–Trinajstić information content (AvgIpc) is 2.65. The number of halogens is 4. The summed E-state index contributed by atoms with van der Waals surface area (Å²) in [6, 6.07) is 3.77. The topological polar surface area (TPSA) is 36.0 Å². The van der Waals surface area contributed by atoms with Crippen LogP contribution >= 0.6 is 15.9 Å². The predicted octanol–water partition coefficient (Wildman–Crippen LogP) is 4.80. The lowest BCUT2D eigenvalue weighted by Crippen LogP contribution is -2.13. The highest BCUT2D eigenvalue weighted by Crippen LogP contribution is 2.38. The molecule has 21 heavy (non-hydrogen) atoms. The minimum atomic E-state index is -4.52. The molecule has 0 saturated carbocycles. The normalized spacial score (nSPS) is 13.5. The first kappa shape index (κ1) is 16.1. The third-order valence-corrected chi connectivity index (χ3v) is 4.23. The van der Waals surface area contributed by atoms with Gasteiger partial charge in [-0.2, -0.15) is 13.2 Å². The van der Waals surface area contributed by atoms with Crippen molar-refractivity contribution in [3.05, 3.63) is 56.3 Å². The van der Waals surface area contributed by atoms with Crippen LogP contribution < -0.4 is 0 Å². The number of H-pyrrole nitrogens is 1. The van der Waals surface area contributed by atoms with Crippen LogP contribution in [0.3, 0.4) is 0 Å². The number of hydrogen-bond donors (Lipinski definition) is 2. The SMILES string of the molecule is Cc1[nH]c(C(O)c2ccc(Br)cc2C(F)(F)F)c(C)c1C. The molecule has 2 nitrogen and oxygen atoms in total. The molecule has 2 N–H and O–H groups in total. The first-order valence-corrected chi connectivity index (χ1v) is 7.12. The Morgan fingerprint density at radius 1 is 1.14 bits per heavy atom. The van der Waals surface area contributed by atoms with Crippen molar-refractivity contribution in [2.24, 2.45) is 0 Å². The zero-order valence-corrected chi connectivity index (χ0v) is 13.4. The van der Waals surface area contributed by atoms with Crippen molar-refractivity contribution in [2.75, 3.05) is 0 Å². The number of aromatic nitrogens is 1. The number of aryl methyl sites for hydroxylation is 1. The minimum Gasteiger partial charge on any atom is -0.382 e. The van der Waals surface area contributed by atoms with Crippen LogP contribution in [0.4, 0.5) is 13.2 Å². The minimum absolute atomic E-state index is 0.157. The zero-order valence-electron chi connectivity index (χ0n) is 11.8. The second-order valence-corrected chi connectivity index (χ2v) is 5.96. The summed E-state index contributed by atoms with van der Waals surface area (Å²) in [6.07, 6.45) is -5.87. The lowest BCUT2D eigenvalue weighted by Gasteiger charge is -2.18. The summed E-state index contributed by atoms with van der Waals surface area (Å²) in [5.41, 5.74) is 1.96. The molecule has 0 aliphatic heterocycles. The molecule has 1 atom stereocenters. The summed E-state index contributed by atoms with van der Waals surface area (Å²) in [5.74, 6) is 0. The number of aliphatic hydroxyl groups is 1. The third-order valence-electron chi connectivity index (χ3n) is 3.74. The highest BCUT2D eigenvalue weighted by atomic mass is 79.9. The van der Waals surface area contributed by atoms with Gasteiger partial charge in [-0.15, -0.1) is 0 Å². The first-order valence-electron chi connectivity index (χ1n) is 6.33. The average molecular weight is 362 g/mol. The molecule has 1 aromatic carbocycles. The van der Waals surface area contributed by atoms with Gasteiger partial charge >= 0.3 is 6.18 Å². The molecule has 2 rings (SSSR count). The Kier molecular flexibility index (Phi) is 4.22. The molecule has 114 valence electrons. The molecule has 6 heteroatoms. The van der Waals surface area contributed by atoms with Gasteiger partial charge < -0.3 is 10.1 Å². The lowest BCUT2D eigenvalue weighted by molar-refractivity contribution is -0.139. The molecule has 1 unspecified atom stereocenters. The molecule has 2 aromatic rings. The van der Waals surface area contributed by atoms with Crippen LogP contribution in [0.25, 0.3) is 0 Å². The van der Waals surface area contributed by atoms with Crippen molar-refractivity contribution >= 4 is 15.9 Å². The van der Waals surface area contributed by atoms with E-state index in [1.807, 2.05) is 13.8 Å². The summed E-state index contributed by atoms with van der Waals surface area (Å²) in [7, 11) is 0. The standard InChI is InChI=1S/C15H15BrF3NO/c1-7-8(2)13(20-9(7)3)14(21)11-5-4-10(16)6-12(11)15(17,18)19/h4-6,14,20-21H,1-3H3. The van der Waals surface area contributed by atoms with Gasteiger partial charge in [-0.05, 0) is 49.6 Å². The van der Waals surface area contributed by atoms with Crippen LogP contribution in [-0.2, 0) is 6.18 Å². The van der Waals surface area contributed by atoms with Crippen molar-refractivity contribution in [1.29, 1.82) is 0 Å². The number of aliphatic hydroxyl groups excluding tert-OH is 1. The number of benzene rings is 1. The number of aromatic amines is 1. The summed E-state index contributed by atoms with van der Waals surface area (Å²) >= 11 is 3.03. The third kappa shape index (κ3) is 3.01. The fourth-order valence-corrected chi connectivity index (χ4v) is 2.68. The predicted molar refractivity (Wildman–Crippen MR) is 78.2 cm³/mol. The van der Waals surface area contributed by atoms with Gasteiger partial charge in [0, 0.05) is 10.2 Å². The largest absolute Gasteiger partial charge is 0.416 e. The van der Waals surface area contributed by atoms with E-state index in [4.69, 9.17) is 0 Å². The van der Waals surface area contributed by atoms with Crippen LogP contribution in [0.2, 0.25) is 0 Å². The number of nitrogens with one attached hydrogen (secondary N) is 1. The molecular weight excluding hydrogens is 347 g/mol. The maximum absolute atomic E-state index is 13.1. The van der Waals surface area contributed by atoms with Crippen molar-refractivity contribution in [3.8, 4) is 0 Å². The van der Waals surface area contributed by atoms with Gasteiger partial charge in [0.1, 0.15) is 6.10 Å². The Hall–Kier alpha value is -1.27. The fraction of sp³-hybridized carbons (Fsp3) is 0.333. The van der Waals surface area contributed by atoms with Crippen molar-refractivity contribution in [3.63, 3.8) is 0 Å². The highest BCUT2D eigenvalue weighted by molar-refractivity contribution is 9.10. The Labute approximate surface area is 129 Å². The molecule has 0 aliphatic carbocycles. The molecule has 0 fully saturated rings. The Bertz CT molecular complexity index is 676. The van der Waals surface area contributed by atoms with Crippen LogP contribution in [0.15, 0.2) is 22.7 Å². The maximum Gasteiger partial charge on any atom is 0.416 e. The van der Waals surface area contributed by atoms with E-state index < -0.39 is 17.8 Å². The molecule has 0 aliphatic rings. The van der Waals surface area contributed by atoms with Gasteiger partial charge in [0.05, 0.1) is 11.3 Å². The van der Waals surface area contributed by atoms with Crippen molar-refractivity contribution < 1.29 is 18.3 Å². The van der Waals surface area contributed by atoms with Gasteiger partial charge in [-0.3, -0.25) is 0 Å². The summed E-state index contributed by atoms with van der Waals surface area (Å²) in [5, 5.41) is 10.4. The van der Waals surface area contributed by atoms with E-state index in [1.165, 1.54) is 12.1 Å². The van der Waals surface area contributed by atoms with E-state index in [2.05, 4.69) is 20.9 Å². The van der Waals surface area contributed by atoms with E-state index in [9.17, 15) is 18.3 Å². The van der Waals surface area contributed by atoms with Crippen molar-refractivity contribution in [1.82, 2.24) is 4.98 Å². The molecule has 1 heterocycles. The van der Waals surface area contributed by atoms with Gasteiger partial charge in [-0.25, -0.2) is 0 Å². The number of alkyl halides is 3. The lowest BCUT2D eigenvalue weighted by atomic mass is 9.97. The molecule has 1 aromatic heterocycles. The van der Waals surface area contributed by atoms with E-state index in [1.54, 1.807) is 6.92 Å². The second kappa shape index (κ2) is 5.50. The quantitative estimate of drug-likeness (QED) is 0.791. The van der Waals surface area contributed by atoms with Crippen LogP contribution in [0.5, 0.6) is 0 Å². The number of hydrogen-bond acceptors (Lipinski definition) is 1. The van der Waals surface area contributed by atoms with Gasteiger partial charge in [0.25, 0.3) is 0 Å². The Balaban J connectivity index is 2.58. The second-order valence-electron chi connectivity index (χ2n) is 5.05. The zero-order chi connectivity index (χ0) is 15.9. The smallest absolute Gasteiger partial charge is 0.382 e. The number of rotatable bonds is 2. The van der Waals surface area contributed by atoms with Crippen LogP contribution in [0, 0.1) is 20.8 Å². The molecule has 0 saturated heterocycles. The summed E-state index contributed by atoms with van der Waals surface area (Å²) in [4.78, 5) is 2.98. The first-order chi connectivity index (χ1) is 9.62. The van der Waals surface area contributed by atoms with Gasteiger partial charge in [0.2, 0.25) is 0 Å². The van der Waals surface area contributed by atoms with Crippen molar-refractivity contribution in [2.45, 2.75) is 33.1 Å².